The molecule has 0 bridgehead atoms. The second kappa shape index (κ2) is 13.9. The van der Waals surface area contributed by atoms with Gasteiger partial charge in [0.1, 0.15) is 32.9 Å². The van der Waals surface area contributed by atoms with Crippen LogP contribution in [0.15, 0.2) is 42.5 Å². The predicted octanol–water partition coefficient (Wildman–Crippen LogP) is 9.66. The summed E-state index contributed by atoms with van der Waals surface area (Å²) in [6.07, 6.45) is -2.93. The number of alkyl halides is 2. The molecule has 0 spiro atoms. The van der Waals surface area contributed by atoms with Gasteiger partial charge >= 0.3 is 12.2 Å². The van der Waals surface area contributed by atoms with Crippen LogP contribution in [0.2, 0.25) is 5.02 Å². The molecule has 0 heterocycles. The van der Waals surface area contributed by atoms with Crippen molar-refractivity contribution >= 4 is 75.9 Å². The summed E-state index contributed by atoms with van der Waals surface area (Å²) in [6.45, 7) is 10.0. The molecule has 2 N–H and O–H groups in total. The van der Waals surface area contributed by atoms with Gasteiger partial charge in [0.25, 0.3) is 5.91 Å². The average molecular weight is 761 g/mol. The highest BCUT2D eigenvalue weighted by Gasteiger charge is 2.67. The smallest absolute Gasteiger partial charge is 0.424 e. The van der Waals surface area contributed by atoms with Crippen molar-refractivity contribution in [1.82, 2.24) is 0 Å². The Morgan fingerprint density at radius 2 is 1.36 bits per heavy atom. The zero-order valence-corrected chi connectivity index (χ0v) is 30.0. The van der Waals surface area contributed by atoms with E-state index < -0.39 is 86.0 Å². The minimum Gasteiger partial charge on any atom is -0.443 e. The van der Waals surface area contributed by atoms with E-state index in [1.807, 2.05) is 0 Å². The first-order valence-electron chi connectivity index (χ1n) is 14.9. The second-order valence-electron chi connectivity index (χ2n) is 13.4. The van der Waals surface area contributed by atoms with Crippen molar-refractivity contribution in [3.05, 3.63) is 87.4 Å². The fourth-order valence-electron chi connectivity index (χ4n) is 4.88. The second-order valence-corrected chi connectivity index (χ2v) is 15.3. The molecule has 0 saturated heterocycles. The number of hydrogen-bond donors (Lipinski definition) is 2. The number of halogens is 7. The molecule has 0 aliphatic heterocycles. The maximum Gasteiger partial charge on any atom is 0.424 e. The average Bonchev–Trinajstić information content (AvgIpc) is 3.55. The van der Waals surface area contributed by atoms with Crippen LogP contribution in [0.25, 0.3) is 0 Å². The number of imide groups is 1. The molecule has 16 heteroatoms. The van der Waals surface area contributed by atoms with E-state index in [4.69, 9.17) is 44.3 Å². The Morgan fingerprint density at radius 1 is 0.800 bits per heavy atom. The third kappa shape index (κ3) is 8.44. The van der Waals surface area contributed by atoms with Crippen molar-refractivity contribution in [3.63, 3.8) is 0 Å². The lowest BCUT2D eigenvalue weighted by atomic mass is 10.1. The standard InChI is InChI=1S/C34H32Cl3F4N3O6/c1-15-18(13-17(14-22(15)40)42-29(46)25-24(34(25,36)37)16-8-9-20(38)19(35)12-16)28(45)43-23-11-10-21(39)27(26(23)41)44(30(47)49-32(2,3)4)31(48)50-33(5,6)7/h8-14,24-25H,1-7H3,(H,42,46)(H,43,45)/t24-,25+/m0/s1. The van der Waals surface area contributed by atoms with Crippen LogP contribution in [-0.2, 0) is 14.3 Å². The zero-order valence-electron chi connectivity index (χ0n) is 27.7. The number of nitrogens with one attached hydrogen (secondary N) is 2. The summed E-state index contributed by atoms with van der Waals surface area (Å²) >= 11 is 18.6. The third-order valence-electron chi connectivity index (χ3n) is 7.19. The predicted molar refractivity (Wildman–Crippen MR) is 181 cm³/mol. The fourth-order valence-corrected chi connectivity index (χ4v) is 5.90. The molecule has 2 atom stereocenters. The van der Waals surface area contributed by atoms with E-state index in [9.17, 15) is 23.6 Å². The van der Waals surface area contributed by atoms with E-state index in [2.05, 4.69) is 10.6 Å². The quantitative estimate of drug-likeness (QED) is 0.191. The summed E-state index contributed by atoms with van der Waals surface area (Å²) in [5.41, 5.74) is -4.69. The number of carbonyl (C=O) groups excluding carboxylic acids is 4. The van der Waals surface area contributed by atoms with Crippen molar-refractivity contribution in [3.8, 4) is 0 Å². The number of hydrogen-bond acceptors (Lipinski definition) is 6. The van der Waals surface area contributed by atoms with Crippen molar-refractivity contribution in [2.45, 2.75) is 69.9 Å². The van der Waals surface area contributed by atoms with E-state index in [1.54, 1.807) is 0 Å². The van der Waals surface area contributed by atoms with Crippen LogP contribution in [0.5, 0.6) is 0 Å². The van der Waals surface area contributed by atoms with Crippen LogP contribution in [0, 0.1) is 36.1 Å². The van der Waals surface area contributed by atoms with Gasteiger partial charge in [-0.25, -0.2) is 27.2 Å². The minimum absolute atomic E-state index is 0.0245. The summed E-state index contributed by atoms with van der Waals surface area (Å²) < 4.78 is 68.7. The number of rotatable bonds is 6. The fraction of sp³-hybridized carbons (Fsp3) is 0.353. The van der Waals surface area contributed by atoms with Crippen LogP contribution < -0.4 is 15.5 Å². The highest BCUT2D eigenvalue weighted by atomic mass is 35.5. The first-order chi connectivity index (χ1) is 22.9. The van der Waals surface area contributed by atoms with Crippen LogP contribution in [0.4, 0.5) is 44.2 Å². The highest BCUT2D eigenvalue weighted by molar-refractivity contribution is 6.53. The molecule has 3 aromatic rings. The van der Waals surface area contributed by atoms with Gasteiger partial charge in [0.15, 0.2) is 11.6 Å². The van der Waals surface area contributed by atoms with Crippen molar-refractivity contribution in [2.75, 3.05) is 15.5 Å². The lowest BCUT2D eigenvalue weighted by Gasteiger charge is -2.29. The molecule has 9 nitrogen and oxygen atoms in total. The molecule has 3 aromatic carbocycles. The Balaban J connectivity index is 1.63. The summed E-state index contributed by atoms with van der Waals surface area (Å²) in [5, 5.41) is 4.42. The maximum atomic E-state index is 16.0. The lowest BCUT2D eigenvalue weighted by Crippen LogP contribution is -2.44. The number of carbonyl (C=O) groups is 4. The van der Waals surface area contributed by atoms with Crippen molar-refractivity contribution in [1.29, 1.82) is 0 Å². The minimum atomic E-state index is -1.61. The van der Waals surface area contributed by atoms with Gasteiger partial charge in [0, 0.05) is 17.2 Å². The van der Waals surface area contributed by atoms with Gasteiger partial charge in [-0.3, -0.25) is 9.59 Å². The topological polar surface area (TPSA) is 114 Å². The van der Waals surface area contributed by atoms with Gasteiger partial charge < -0.3 is 20.1 Å². The monoisotopic (exact) mass is 759 g/mol. The first kappa shape index (κ1) is 38.7. The molecule has 0 aromatic heterocycles. The zero-order chi connectivity index (χ0) is 37.7. The van der Waals surface area contributed by atoms with Gasteiger partial charge in [-0.05, 0) is 96.0 Å². The Morgan fingerprint density at radius 3 is 1.90 bits per heavy atom. The van der Waals surface area contributed by atoms with E-state index in [0.29, 0.717) is 11.6 Å². The van der Waals surface area contributed by atoms with Gasteiger partial charge in [0.2, 0.25) is 5.91 Å². The lowest BCUT2D eigenvalue weighted by molar-refractivity contribution is -0.117. The largest absolute Gasteiger partial charge is 0.443 e. The molecule has 4 amide bonds. The Labute approximate surface area is 300 Å². The number of ether oxygens (including phenoxy) is 2. The van der Waals surface area contributed by atoms with Crippen LogP contribution in [0.1, 0.15) is 68.9 Å². The number of anilines is 3. The van der Waals surface area contributed by atoms with Crippen LogP contribution >= 0.6 is 34.8 Å². The highest BCUT2D eigenvalue weighted by Crippen LogP contribution is 2.65. The maximum absolute atomic E-state index is 16.0. The molecular formula is C34H32Cl3F4N3O6. The molecule has 1 fully saturated rings. The SMILES string of the molecule is Cc1c(F)cc(NC(=O)[C@H]2[C@H](c3ccc(F)c(Cl)c3)C2(Cl)Cl)cc1C(=O)Nc1ccc(F)c(N(C(=O)OC(C)(C)C)C(=O)OC(C)(C)C)c1F. The van der Waals surface area contributed by atoms with Gasteiger partial charge in [0.05, 0.1) is 16.6 Å². The van der Waals surface area contributed by atoms with Crippen molar-refractivity contribution < 1.29 is 46.2 Å². The van der Waals surface area contributed by atoms with Crippen LogP contribution in [0.3, 0.4) is 0 Å². The summed E-state index contributed by atoms with van der Waals surface area (Å²) in [4.78, 5) is 52.7. The van der Waals surface area contributed by atoms with Gasteiger partial charge in [-0.1, -0.05) is 17.7 Å². The first-order valence-corrected chi connectivity index (χ1v) is 16.1. The van der Waals surface area contributed by atoms with E-state index >= 15 is 13.2 Å². The van der Waals surface area contributed by atoms with Crippen LogP contribution in [-0.4, -0.2) is 39.5 Å². The molecule has 0 radical (unpaired) electrons. The normalized spacial score (nSPS) is 16.7. The molecule has 1 saturated carbocycles. The molecular weight excluding hydrogens is 729 g/mol. The van der Waals surface area contributed by atoms with E-state index in [-0.39, 0.29) is 26.7 Å². The Hall–Kier alpha value is -4.07. The van der Waals surface area contributed by atoms with Gasteiger partial charge in [-0.2, -0.15) is 4.90 Å². The van der Waals surface area contributed by atoms with E-state index in [1.165, 1.54) is 60.6 Å². The molecule has 0 unspecified atom stereocenters. The van der Waals surface area contributed by atoms with E-state index in [0.717, 1.165) is 24.3 Å². The Kier molecular flexibility index (Phi) is 10.8. The summed E-state index contributed by atoms with van der Waals surface area (Å²) in [6, 6.07) is 7.27. The molecule has 50 heavy (non-hydrogen) atoms. The Bertz CT molecular complexity index is 1870. The number of amides is 4. The summed E-state index contributed by atoms with van der Waals surface area (Å²) in [7, 11) is 0. The third-order valence-corrected chi connectivity index (χ3v) is 8.42. The molecule has 268 valence electrons. The molecule has 1 aliphatic carbocycles. The molecule has 4 rings (SSSR count). The van der Waals surface area contributed by atoms with Crippen molar-refractivity contribution in [2.24, 2.45) is 5.92 Å². The van der Waals surface area contributed by atoms with Gasteiger partial charge in [-0.15, -0.1) is 23.2 Å². The number of nitrogens with zero attached hydrogens (tertiary/aromatic N) is 1. The molecule has 1 aliphatic rings. The number of benzene rings is 3. The summed E-state index contributed by atoms with van der Waals surface area (Å²) in [5.74, 6) is -8.28.